The molecule has 0 N–H and O–H groups in total. The smallest absolute Gasteiger partial charge is 0.415 e. The lowest BCUT2D eigenvalue weighted by atomic mass is 10.1. The van der Waals surface area contributed by atoms with Gasteiger partial charge in [-0.25, -0.2) is 4.79 Å². The number of benzene rings is 2. The third kappa shape index (κ3) is 6.07. The summed E-state index contributed by atoms with van der Waals surface area (Å²) in [6.07, 6.45) is 0.275. The Morgan fingerprint density at radius 1 is 1.03 bits per heavy atom. The quantitative estimate of drug-likeness (QED) is 0.577. The van der Waals surface area contributed by atoms with Gasteiger partial charge in [0.15, 0.2) is 0 Å². The maximum absolute atomic E-state index is 13.7. The Balaban J connectivity index is 1.85. The molecular weight excluding hydrogens is 436 g/mol. The van der Waals surface area contributed by atoms with E-state index in [-0.39, 0.29) is 19.0 Å². The minimum absolute atomic E-state index is 0.208. The summed E-state index contributed by atoms with van der Waals surface area (Å²) in [5, 5.41) is 0. The predicted molar refractivity (Wildman–Crippen MR) is 128 cm³/mol. The van der Waals surface area contributed by atoms with Gasteiger partial charge in [-0.3, -0.25) is 14.5 Å². The van der Waals surface area contributed by atoms with Crippen molar-refractivity contribution in [1.82, 2.24) is 4.90 Å². The van der Waals surface area contributed by atoms with Gasteiger partial charge in [0.1, 0.15) is 23.9 Å². The molecule has 3 rings (SSSR count). The van der Waals surface area contributed by atoms with Crippen molar-refractivity contribution in [3.05, 3.63) is 59.7 Å². The Labute approximate surface area is 200 Å². The number of amides is 2. The first-order chi connectivity index (χ1) is 16.1. The summed E-state index contributed by atoms with van der Waals surface area (Å²) in [4.78, 5) is 41.8. The molecular formula is C26H32N2O6. The van der Waals surface area contributed by atoms with E-state index in [1.165, 1.54) is 16.9 Å². The number of carbonyl (C=O) groups excluding carboxylic acids is 3. The Bertz CT molecular complexity index is 1030. The SMILES string of the molecule is COC(=O)CN(CCc1ccc(OC)cc1)C(=O)[C@H]1Cc2ccccc2N1C(=O)OC(C)(C)C. The molecule has 0 aliphatic carbocycles. The van der Waals surface area contributed by atoms with Crippen LogP contribution in [0.5, 0.6) is 5.75 Å². The number of anilines is 1. The Morgan fingerprint density at radius 3 is 2.32 bits per heavy atom. The summed E-state index contributed by atoms with van der Waals surface area (Å²) in [6.45, 7) is 5.42. The zero-order chi connectivity index (χ0) is 24.9. The third-order valence-electron chi connectivity index (χ3n) is 5.54. The molecule has 8 heteroatoms. The minimum atomic E-state index is -0.812. The van der Waals surface area contributed by atoms with Gasteiger partial charge in [-0.2, -0.15) is 0 Å². The van der Waals surface area contributed by atoms with Crippen molar-refractivity contribution in [2.75, 3.05) is 32.2 Å². The summed E-state index contributed by atoms with van der Waals surface area (Å²) in [6, 6.07) is 14.1. The number of methoxy groups -OCH3 is 2. The standard InChI is InChI=1S/C26H32N2O6/c1-26(2,3)34-25(31)28-21-9-7-6-8-19(21)16-22(28)24(30)27(17-23(29)33-5)15-14-18-10-12-20(32-4)13-11-18/h6-13,22H,14-17H2,1-5H3/t22-/m1/s1. The van der Waals surface area contributed by atoms with E-state index in [4.69, 9.17) is 14.2 Å². The van der Waals surface area contributed by atoms with Crippen molar-refractivity contribution in [2.24, 2.45) is 0 Å². The first-order valence-electron chi connectivity index (χ1n) is 11.2. The van der Waals surface area contributed by atoms with Gasteiger partial charge < -0.3 is 19.1 Å². The molecule has 8 nitrogen and oxygen atoms in total. The lowest BCUT2D eigenvalue weighted by Gasteiger charge is -2.31. The second-order valence-corrected chi connectivity index (χ2v) is 9.13. The molecule has 1 heterocycles. The van der Waals surface area contributed by atoms with Gasteiger partial charge >= 0.3 is 12.1 Å². The van der Waals surface area contributed by atoms with E-state index in [1.807, 2.05) is 42.5 Å². The van der Waals surface area contributed by atoms with Crippen LogP contribution in [0.25, 0.3) is 0 Å². The highest BCUT2D eigenvalue weighted by Gasteiger charge is 2.42. The van der Waals surface area contributed by atoms with Gasteiger partial charge in [0.05, 0.1) is 19.9 Å². The molecule has 0 unspecified atom stereocenters. The van der Waals surface area contributed by atoms with Crippen LogP contribution in [0.3, 0.4) is 0 Å². The zero-order valence-electron chi connectivity index (χ0n) is 20.4. The van der Waals surface area contributed by atoms with Crippen molar-refractivity contribution in [3.63, 3.8) is 0 Å². The highest BCUT2D eigenvalue weighted by Crippen LogP contribution is 2.34. The molecule has 0 saturated carbocycles. The Kier molecular flexibility index (Phi) is 7.81. The van der Waals surface area contributed by atoms with Gasteiger partial charge in [0, 0.05) is 13.0 Å². The van der Waals surface area contributed by atoms with Crippen LogP contribution in [0.2, 0.25) is 0 Å². The van der Waals surface area contributed by atoms with Crippen LogP contribution >= 0.6 is 0 Å². The lowest BCUT2D eigenvalue weighted by Crippen LogP contribution is -2.52. The van der Waals surface area contributed by atoms with E-state index >= 15 is 0 Å². The molecule has 1 atom stereocenters. The lowest BCUT2D eigenvalue weighted by molar-refractivity contribution is -0.147. The normalized spacial score (nSPS) is 14.9. The van der Waals surface area contributed by atoms with Crippen LogP contribution in [0.15, 0.2) is 48.5 Å². The number of rotatable bonds is 7. The number of ether oxygens (including phenoxy) is 3. The van der Waals surface area contributed by atoms with Crippen molar-refractivity contribution in [3.8, 4) is 5.75 Å². The van der Waals surface area contributed by atoms with Gasteiger partial charge in [-0.05, 0) is 56.5 Å². The average molecular weight is 469 g/mol. The van der Waals surface area contributed by atoms with Crippen molar-refractivity contribution in [1.29, 1.82) is 0 Å². The molecule has 2 amide bonds. The molecule has 0 bridgehead atoms. The molecule has 1 aliphatic rings. The third-order valence-corrected chi connectivity index (χ3v) is 5.54. The summed E-state index contributed by atoms with van der Waals surface area (Å²) in [7, 11) is 2.88. The number of carbonyl (C=O) groups is 3. The number of fused-ring (bicyclic) bond motifs is 1. The largest absolute Gasteiger partial charge is 0.497 e. The number of esters is 1. The van der Waals surface area contributed by atoms with E-state index in [9.17, 15) is 14.4 Å². The molecule has 0 radical (unpaired) electrons. The van der Waals surface area contributed by atoms with Crippen LogP contribution in [0.4, 0.5) is 10.5 Å². The van der Waals surface area contributed by atoms with Crippen LogP contribution < -0.4 is 9.64 Å². The molecule has 1 aliphatic heterocycles. The zero-order valence-corrected chi connectivity index (χ0v) is 20.4. The minimum Gasteiger partial charge on any atom is -0.497 e. The van der Waals surface area contributed by atoms with Gasteiger partial charge in [-0.1, -0.05) is 30.3 Å². The molecule has 0 spiro atoms. The maximum atomic E-state index is 13.7. The summed E-state index contributed by atoms with van der Waals surface area (Å²) in [5.41, 5.74) is 1.78. The van der Waals surface area contributed by atoms with Crippen LogP contribution in [-0.2, 0) is 31.9 Å². The number of hydrogen-bond acceptors (Lipinski definition) is 6. The second kappa shape index (κ2) is 10.6. The molecule has 2 aromatic carbocycles. The van der Waals surface area contributed by atoms with E-state index in [2.05, 4.69) is 0 Å². The topological polar surface area (TPSA) is 85.4 Å². The number of para-hydroxylation sites is 1. The number of hydrogen-bond donors (Lipinski definition) is 0. The Hall–Kier alpha value is -3.55. The summed E-state index contributed by atoms with van der Waals surface area (Å²) >= 11 is 0. The molecule has 34 heavy (non-hydrogen) atoms. The summed E-state index contributed by atoms with van der Waals surface area (Å²) in [5.74, 6) is -0.119. The molecule has 0 saturated heterocycles. The fourth-order valence-corrected chi connectivity index (χ4v) is 3.87. The van der Waals surface area contributed by atoms with E-state index in [0.717, 1.165) is 16.9 Å². The fourth-order valence-electron chi connectivity index (χ4n) is 3.87. The first kappa shape index (κ1) is 25.1. The molecule has 0 aromatic heterocycles. The van der Waals surface area contributed by atoms with E-state index in [1.54, 1.807) is 33.9 Å². The van der Waals surface area contributed by atoms with Crippen LogP contribution in [0, 0.1) is 0 Å². The molecule has 2 aromatic rings. The van der Waals surface area contributed by atoms with Crippen LogP contribution in [0.1, 0.15) is 31.9 Å². The van der Waals surface area contributed by atoms with Gasteiger partial charge in [-0.15, -0.1) is 0 Å². The fraction of sp³-hybridized carbons (Fsp3) is 0.423. The highest BCUT2D eigenvalue weighted by molar-refractivity contribution is 6.01. The van der Waals surface area contributed by atoms with Gasteiger partial charge in [0.2, 0.25) is 5.91 Å². The molecule has 0 fully saturated rings. The summed E-state index contributed by atoms with van der Waals surface area (Å²) < 4.78 is 15.6. The van der Waals surface area contributed by atoms with Crippen molar-refractivity contribution in [2.45, 2.75) is 45.3 Å². The Morgan fingerprint density at radius 2 is 1.71 bits per heavy atom. The average Bonchev–Trinajstić information content (AvgIpc) is 3.20. The van der Waals surface area contributed by atoms with E-state index in [0.29, 0.717) is 18.5 Å². The van der Waals surface area contributed by atoms with Crippen LogP contribution in [-0.4, -0.2) is 61.8 Å². The second-order valence-electron chi connectivity index (χ2n) is 9.13. The van der Waals surface area contributed by atoms with Crippen molar-refractivity contribution < 1.29 is 28.6 Å². The van der Waals surface area contributed by atoms with Gasteiger partial charge in [0.25, 0.3) is 0 Å². The van der Waals surface area contributed by atoms with Crippen molar-refractivity contribution >= 4 is 23.7 Å². The highest BCUT2D eigenvalue weighted by atomic mass is 16.6. The van der Waals surface area contributed by atoms with E-state index < -0.39 is 23.7 Å². The predicted octanol–water partition coefficient (Wildman–Crippen LogP) is 3.61. The molecule has 182 valence electrons. The monoisotopic (exact) mass is 468 g/mol. The number of nitrogens with zero attached hydrogens (tertiary/aromatic N) is 2. The first-order valence-corrected chi connectivity index (χ1v) is 11.2. The maximum Gasteiger partial charge on any atom is 0.415 e.